The van der Waals surface area contributed by atoms with E-state index in [1.54, 1.807) is 0 Å². The van der Waals surface area contributed by atoms with Crippen LogP contribution in [0.5, 0.6) is 0 Å². The molecule has 0 N–H and O–H groups in total. The average Bonchev–Trinajstić information content (AvgIpc) is 0.807. The summed E-state index contributed by atoms with van der Waals surface area (Å²) in [4.78, 5) is 5.52. The van der Waals surface area contributed by atoms with Crippen LogP contribution in [0.15, 0.2) is 334 Å². The molecule has 0 radical (unpaired) electrons. The zero-order valence-electron chi connectivity index (χ0n) is 66.6. The number of nitrogens with zero attached hydrogens (tertiary/aromatic N) is 4. The highest BCUT2D eigenvalue weighted by atomic mass is 15.2. The van der Waals surface area contributed by atoms with E-state index in [4.69, 9.17) is 0 Å². The van der Waals surface area contributed by atoms with Crippen LogP contribution in [0.1, 0.15) is 105 Å². The lowest BCUT2D eigenvalue weighted by atomic mass is 9.33. The largest absolute Gasteiger partial charge is 0.310 e. The van der Waals surface area contributed by atoms with Crippen molar-refractivity contribution in [2.75, 3.05) is 9.80 Å². The van der Waals surface area contributed by atoms with E-state index in [1.807, 2.05) is 0 Å². The molecule has 0 fully saturated rings. The topological polar surface area (TPSA) is 16.3 Å². The minimum Gasteiger partial charge on any atom is -0.310 e. The summed E-state index contributed by atoms with van der Waals surface area (Å²) in [6.45, 7) is 27.9. The number of rotatable bonds is 9. The first-order valence-electron chi connectivity index (χ1n) is 40.2. The molecule has 0 atom stereocenters. The summed E-state index contributed by atoms with van der Waals surface area (Å²) in [6, 6.07) is 129. The molecule has 0 bridgehead atoms. The Bertz CT molecular complexity index is 6360. The normalized spacial score (nSPS) is 13.1. The second kappa shape index (κ2) is 26.0. The van der Waals surface area contributed by atoms with Crippen molar-refractivity contribution in [3.05, 3.63) is 356 Å². The van der Waals surface area contributed by atoms with Crippen molar-refractivity contribution in [2.45, 2.75) is 105 Å². The van der Waals surface area contributed by atoms with Gasteiger partial charge in [0.25, 0.3) is 6.71 Å². The molecule has 2 aliphatic heterocycles. The van der Waals surface area contributed by atoms with Crippen LogP contribution in [-0.4, -0.2) is 15.8 Å². The number of hydrogen-bond donors (Lipinski definition) is 0. The van der Waals surface area contributed by atoms with Gasteiger partial charge in [-0.2, -0.15) is 0 Å². The van der Waals surface area contributed by atoms with Gasteiger partial charge in [-0.05, 0) is 218 Å². The average molecular weight is 1460 g/mol. The van der Waals surface area contributed by atoms with Crippen molar-refractivity contribution >= 4 is 122 Å². The van der Waals surface area contributed by atoms with Crippen LogP contribution >= 0.6 is 0 Å². The van der Waals surface area contributed by atoms with E-state index in [9.17, 15) is 0 Å². The van der Waals surface area contributed by atoms with Crippen molar-refractivity contribution in [3.8, 4) is 67.0 Å². The molecule has 0 unspecified atom stereocenters. The van der Waals surface area contributed by atoms with Crippen LogP contribution in [0.2, 0.25) is 0 Å². The molecule has 5 heteroatoms. The summed E-state index contributed by atoms with van der Waals surface area (Å²) in [5, 5.41) is 9.73. The van der Waals surface area contributed by atoms with Gasteiger partial charge in [0.2, 0.25) is 0 Å². The molecular weight excluding hydrogens is 1360 g/mol. The van der Waals surface area contributed by atoms with E-state index in [2.05, 4.69) is 436 Å². The zero-order valence-corrected chi connectivity index (χ0v) is 66.6. The van der Waals surface area contributed by atoms with E-state index >= 15 is 0 Å². The van der Waals surface area contributed by atoms with Crippen LogP contribution in [0.25, 0.3) is 132 Å². The van der Waals surface area contributed by atoms with Gasteiger partial charge in [-0.15, -0.1) is 0 Å². The van der Waals surface area contributed by atoms with Gasteiger partial charge >= 0.3 is 0 Å². The summed E-state index contributed by atoms with van der Waals surface area (Å²) < 4.78 is 5.09. The highest BCUT2D eigenvalue weighted by molar-refractivity contribution is 7.00. The molecule has 0 aliphatic carbocycles. The van der Waals surface area contributed by atoms with E-state index < -0.39 is 0 Å². The van der Waals surface area contributed by atoms with Crippen LogP contribution in [0.4, 0.5) is 34.1 Å². The third kappa shape index (κ3) is 11.4. The molecule has 4 nitrogen and oxygen atoms in total. The van der Waals surface area contributed by atoms with Gasteiger partial charge in [-0.25, -0.2) is 0 Å². The molecule has 18 aromatic rings. The molecule has 16 aromatic carbocycles. The fourth-order valence-electron chi connectivity index (χ4n) is 18.6. The molecule has 546 valence electrons. The first kappa shape index (κ1) is 69.5. The molecule has 20 rings (SSSR count). The van der Waals surface area contributed by atoms with Gasteiger partial charge in [-0.3, -0.25) is 0 Å². The lowest BCUT2D eigenvalue weighted by Crippen LogP contribution is -2.61. The maximum absolute atomic E-state index is 2.76. The smallest absolute Gasteiger partial charge is 0.252 e. The fourth-order valence-corrected chi connectivity index (χ4v) is 18.6. The monoisotopic (exact) mass is 1450 g/mol. The maximum Gasteiger partial charge on any atom is 0.252 e. The number of hydrogen-bond acceptors (Lipinski definition) is 2. The predicted octanol–water partition coefficient (Wildman–Crippen LogP) is 27.8. The lowest BCUT2D eigenvalue weighted by Gasteiger charge is -2.46. The van der Waals surface area contributed by atoms with Crippen molar-refractivity contribution in [1.29, 1.82) is 0 Å². The summed E-state index contributed by atoms with van der Waals surface area (Å²) >= 11 is 0. The predicted molar refractivity (Wildman–Crippen MR) is 486 cm³/mol. The van der Waals surface area contributed by atoms with Gasteiger partial charge in [0.15, 0.2) is 0 Å². The number of anilines is 6. The van der Waals surface area contributed by atoms with E-state index in [-0.39, 0.29) is 28.4 Å². The van der Waals surface area contributed by atoms with E-state index in [1.165, 1.54) is 109 Å². The minimum absolute atomic E-state index is 0.0586. The first-order chi connectivity index (χ1) is 54.6. The Morgan fingerprint density at radius 3 is 0.903 bits per heavy atom. The fraction of sp³-hybridized carbons (Fsp3) is 0.148. The van der Waals surface area contributed by atoms with Gasteiger partial charge in [0.05, 0.1) is 33.4 Å². The molecule has 4 heterocycles. The van der Waals surface area contributed by atoms with E-state index in [0.717, 1.165) is 95.6 Å². The lowest BCUT2D eigenvalue weighted by molar-refractivity contribution is 0.590. The second-order valence-corrected chi connectivity index (χ2v) is 35.7. The molecular formula is C108H91BN4. The third-order valence-corrected chi connectivity index (χ3v) is 24.4. The molecule has 0 saturated heterocycles. The van der Waals surface area contributed by atoms with Crippen molar-refractivity contribution in [1.82, 2.24) is 9.13 Å². The molecule has 0 saturated carbocycles. The Morgan fingerprint density at radius 1 is 0.230 bits per heavy atom. The van der Waals surface area contributed by atoms with Crippen LogP contribution in [0, 0.1) is 0 Å². The molecule has 2 aliphatic rings. The van der Waals surface area contributed by atoms with Crippen LogP contribution in [0.3, 0.4) is 0 Å². The summed E-state index contributed by atoms with van der Waals surface area (Å²) in [5.74, 6) is 0. The van der Waals surface area contributed by atoms with Gasteiger partial charge < -0.3 is 18.9 Å². The number of aromatic nitrogens is 2. The third-order valence-electron chi connectivity index (χ3n) is 24.4. The van der Waals surface area contributed by atoms with Crippen molar-refractivity contribution < 1.29 is 0 Å². The molecule has 2 aromatic heterocycles. The SMILES string of the molecule is CC(C)(C)c1cc(-c2ccccc2)c(N2c3cc(-n4c5ccccc5c5cc(C(C)(C)C)ccc54)ccc3B3c4ccc(-n5c6ccccc6c6cc(C(C)(C)C)ccc65)cc4N(c4c(-c5ccccc5)cc(C(C)(C)C)cc4-c4ccccc4)c4cc(-c5c6ccccc6cc6ccccc56)cc2c43)c(-c2ccccc2)c1. The molecule has 0 spiro atoms. The summed E-state index contributed by atoms with van der Waals surface area (Å²) in [6.07, 6.45) is 0. The Morgan fingerprint density at radius 2 is 0.549 bits per heavy atom. The highest BCUT2D eigenvalue weighted by Gasteiger charge is 2.47. The Hall–Kier alpha value is -12.7. The number of fused-ring (bicyclic) bond motifs is 12. The standard InChI is InChI=1S/C108H91BN4/c1-105(2,3)75-49-55-95-89(60-75)83-45-29-31-47-93(83)110(95)79-51-53-91-97(66-79)112(103-85(68-33-17-13-18-34-68)62-77(107(7,8)9)63-86(103)69-35-19-14-20-36-69)99-58-74(101-81-43-27-25-41-72(81)57-73-42-26-28-44-82(73)101)59-100-102(99)109(91)92-54-52-80(111-94-48-32-30-46-84(94)90-61-76(106(4,5)6)50-56-96(90)111)67-98(92)113(100)104-87(70-37-21-15-22-38-70)64-78(108(10,11)12)65-88(104)71-39-23-16-24-40-71/h13-67H,1-12H3. The van der Waals surface area contributed by atoms with Crippen LogP contribution in [-0.2, 0) is 21.7 Å². The second-order valence-electron chi connectivity index (χ2n) is 35.7. The molecule has 0 amide bonds. The van der Waals surface area contributed by atoms with Crippen molar-refractivity contribution in [3.63, 3.8) is 0 Å². The van der Waals surface area contributed by atoms with Gasteiger partial charge in [-0.1, -0.05) is 314 Å². The highest BCUT2D eigenvalue weighted by Crippen LogP contribution is 2.57. The quantitative estimate of drug-likeness (QED) is 0.106. The van der Waals surface area contributed by atoms with Gasteiger partial charge in [0, 0.05) is 77.9 Å². The first-order valence-corrected chi connectivity index (χ1v) is 40.2. The Balaban J connectivity index is 1.01. The minimum atomic E-state index is -0.303. The maximum atomic E-state index is 2.76. The van der Waals surface area contributed by atoms with E-state index in [0.29, 0.717) is 0 Å². The number of para-hydroxylation sites is 2. The van der Waals surface area contributed by atoms with Crippen molar-refractivity contribution in [2.24, 2.45) is 0 Å². The Kier molecular flexibility index (Phi) is 16.0. The zero-order chi connectivity index (χ0) is 77.1. The number of benzene rings is 16. The van der Waals surface area contributed by atoms with Crippen LogP contribution < -0.4 is 26.2 Å². The Labute approximate surface area is 664 Å². The summed E-state index contributed by atoms with van der Waals surface area (Å²) in [7, 11) is 0. The van der Waals surface area contributed by atoms with Gasteiger partial charge in [0.1, 0.15) is 0 Å². The molecule has 113 heavy (non-hydrogen) atoms. The summed E-state index contributed by atoms with van der Waals surface area (Å²) in [5.41, 5.74) is 33.3.